The summed E-state index contributed by atoms with van der Waals surface area (Å²) >= 11 is 5.94. The second-order valence-corrected chi connectivity index (χ2v) is 7.88. The molecule has 0 spiro atoms. The number of piperazine rings is 1. The van der Waals surface area contributed by atoms with Gasteiger partial charge in [-0.25, -0.2) is 0 Å². The molecule has 1 fully saturated rings. The minimum absolute atomic E-state index is 0.0978. The molecule has 1 aliphatic rings. The van der Waals surface area contributed by atoms with Gasteiger partial charge in [0.2, 0.25) is 0 Å². The van der Waals surface area contributed by atoms with Crippen molar-refractivity contribution in [2.24, 2.45) is 0 Å². The van der Waals surface area contributed by atoms with Crippen molar-refractivity contribution in [1.82, 2.24) is 15.1 Å². The number of amides is 1. The molecule has 4 rings (SSSR count). The topological polar surface area (TPSA) is 49.3 Å². The number of rotatable bonds is 3. The van der Waals surface area contributed by atoms with E-state index in [0.29, 0.717) is 18.1 Å². The van der Waals surface area contributed by atoms with Crippen molar-refractivity contribution in [3.63, 3.8) is 0 Å². The molecule has 5 nitrogen and oxygen atoms in total. The van der Waals surface area contributed by atoms with Crippen LogP contribution < -0.4 is 4.90 Å². The van der Waals surface area contributed by atoms with Gasteiger partial charge >= 0.3 is 0 Å². The summed E-state index contributed by atoms with van der Waals surface area (Å²) in [4.78, 5) is 16.9. The molecule has 2 heterocycles. The summed E-state index contributed by atoms with van der Waals surface area (Å²) in [6.07, 6.45) is 0. The van der Waals surface area contributed by atoms with Crippen LogP contribution in [0.3, 0.4) is 0 Å². The zero-order chi connectivity index (χ0) is 20.4. The number of hydrogen-bond acceptors (Lipinski definition) is 4. The van der Waals surface area contributed by atoms with Gasteiger partial charge in [-0.1, -0.05) is 40.9 Å². The van der Waals surface area contributed by atoms with Crippen LogP contribution in [0.4, 0.5) is 5.82 Å². The van der Waals surface area contributed by atoms with Gasteiger partial charge in [0.05, 0.1) is 5.69 Å². The molecule has 0 bridgehead atoms. The average molecular weight is 407 g/mol. The first-order valence-corrected chi connectivity index (χ1v) is 10.1. The number of carbonyl (C=O) groups excluding carboxylic acids is 1. The lowest BCUT2D eigenvalue weighted by Gasteiger charge is -2.35. The minimum Gasteiger partial charge on any atom is -0.352 e. The maximum absolute atomic E-state index is 12.8. The Morgan fingerprint density at radius 2 is 1.52 bits per heavy atom. The van der Waals surface area contributed by atoms with Gasteiger partial charge < -0.3 is 9.80 Å². The third kappa shape index (κ3) is 4.40. The predicted molar refractivity (Wildman–Crippen MR) is 117 cm³/mol. The lowest BCUT2D eigenvalue weighted by molar-refractivity contribution is 0.0746. The zero-order valence-corrected chi connectivity index (χ0v) is 17.4. The van der Waals surface area contributed by atoms with E-state index in [1.807, 2.05) is 67.3 Å². The number of benzene rings is 2. The van der Waals surface area contributed by atoms with Crippen LogP contribution in [0.25, 0.3) is 11.3 Å². The molecule has 0 N–H and O–H groups in total. The fourth-order valence-electron chi connectivity index (χ4n) is 3.69. The molecule has 1 saturated heterocycles. The highest BCUT2D eigenvalue weighted by Gasteiger charge is 2.23. The van der Waals surface area contributed by atoms with Gasteiger partial charge in [0.25, 0.3) is 5.91 Å². The van der Waals surface area contributed by atoms with E-state index in [0.717, 1.165) is 46.9 Å². The first-order valence-electron chi connectivity index (χ1n) is 9.72. The summed E-state index contributed by atoms with van der Waals surface area (Å²) in [6.45, 7) is 6.87. The van der Waals surface area contributed by atoms with Crippen molar-refractivity contribution >= 4 is 23.3 Å². The minimum atomic E-state index is 0.0978. The number of aryl methyl sites for hydroxylation is 2. The molecule has 3 aromatic rings. The third-order valence-electron chi connectivity index (χ3n) is 5.15. The number of hydrogen-bond donors (Lipinski definition) is 0. The van der Waals surface area contributed by atoms with E-state index in [1.165, 1.54) is 0 Å². The Kier molecular flexibility index (Phi) is 5.49. The number of carbonyl (C=O) groups is 1. The van der Waals surface area contributed by atoms with Crippen LogP contribution in [-0.4, -0.2) is 47.2 Å². The van der Waals surface area contributed by atoms with Gasteiger partial charge in [-0.05, 0) is 50.2 Å². The fraction of sp³-hybridized carbons (Fsp3) is 0.261. The van der Waals surface area contributed by atoms with E-state index in [-0.39, 0.29) is 5.91 Å². The van der Waals surface area contributed by atoms with Crippen molar-refractivity contribution in [2.45, 2.75) is 13.8 Å². The lowest BCUT2D eigenvalue weighted by Crippen LogP contribution is -2.49. The number of halogens is 1. The highest BCUT2D eigenvalue weighted by atomic mass is 35.5. The highest BCUT2D eigenvalue weighted by molar-refractivity contribution is 6.30. The summed E-state index contributed by atoms with van der Waals surface area (Å²) in [5, 5.41) is 9.45. The first-order chi connectivity index (χ1) is 14.0. The second kappa shape index (κ2) is 8.21. The van der Waals surface area contributed by atoms with Crippen LogP contribution in [0.5, 0.6) is 0 Å². The Hall–Kier alpha value is -2.92. The van der Waals surface area contributed by atoms with E-state index < -0.39 is 0 Å². The van der Waals surface area contributed by atoms with E-state index >= 15 is 0 Å². The summed E-state index contributed by atoms with van der Waals surface area (Å²) in [6, 6.07) is 17.5. The summed E-state index contributed by atoms with van der Waals surface area (Å²) < 4.78 is 0. The number of aromatic nitrogens is 2. The smallest absolute Gasteiger partial charge is 0.253 e. The van der Waals surface area contributed by atoms with Crippen molar-refractivity contribution in [2.75, 3.05) is 31.1 Å². The molecule has 148 valence electrons. The molecule has 1 aromatic heterocycles. The van der Waals surface area contributed by atoms with E-state index in [2.05, 4.69) is 21.2 Å². The third-order valence-corrected chi connectivity index (χ3v) is 5.40. The standard InChI is InChI=1S/C23H23ClN4O/c1-16-13-17(2)15-19(14-16)23(29)28-11-9-27(10-12-28)22-8-7-21(25-26-22)18-3-5-20(24)6-4-18/h3-8,13-15H,9-12H2,1-2H3. The molecular weight excluding hydrogens is 384 g/mol. The SMILES string of the molecule is Cc1cc(C)cc(C(=O)N2CCN(c3ccc(-c4ccc(Cl)cc4)nn3)CC2)c1. The highest BCUT2D eigenvalue weighted by Crippen LogP contribution is 2.21. The van der Waals surface area contributed by atoms with Gasteiger partial charge in [-0.15, -0.1) is 10.2 Å². The first kappa shape index (κ1) is 19.4. The Labute approximate surface area is 175 Å². The maximum Gasteiger partial charge on any atom is 0.253 e. The molecule has 0 unspecified atom stereocenters. The maximum atomic E-state index is 12.8. The summed E-state index contributed by atoms with van der Waals surface area (Å²) in [5.41, 5.74) is 4.79. The van der Waals surface area contributed by atoms with Crippen LogP contribution in [0, 0.1) is 13.8 Å². The molecule has 0 aliphatic carbocycles. The Bertz CT molecular complexity index is 990. The van der Waals surface area contributed by atoms with Crippen molar-refractivity contribution in [3.05, 3.63) is 76.3 Å². The molecule has 0 atom stereocenters. The van der Waals surface area contributed by atoms with E-state index in [4.69, 9.17) is 11.6 Å². The van der Waals surface area contributed by atoms with Gasteiger partial charge in [0.15, 0.2) is 5.82 Å². The molecular formula is C23H23ClN4O. The van der Waals surface area contributed by atoms with Crippen LogP contribution in [-0.2, 0) is 0 Å². The lowest BCUT2D eigenvalue weighted by atomic mass is 10.1. The molecule has 6 heteroatoms. The van der Waals surface area contributed by atoms with Crippen molar-refractivity contribution < 1.29 is 4.79 Å². The number of anilines is 1. The van der Waals surface area contributed by atoms with Crippen LogP contribution in [0.15, 0.2) is 54.6 Å². The predicted octanol–water partition coefficient (Wildman–Crippen LogP) is 4.38. The van der Waals surface area contributed by atoms with Crippen molar-refractivity contribution in [3.8, 4) is 11.3 Å². The quantitative estimate of drug-likeness (QED) is 0.647. The molecule has 0 saturated carbocycles. The normalized spacial score (nSPS) is 14.2. The molecule has 2 aromatic carbocycles. The van der Waals surface area contributed by atoms with E-state index in [9.17, 15) is 4.79 Å². The molecule has 29 heavy (non-hydrogen) atoms. The van der Waals surface area contributed by atoms with Gasteiger partial charge in [0.1, 0.15) is 0 Å². The Morgan fingerprint density at radius 3 is 2.10 bits per heavy atom. The Morgan fingerprint density at radius 1 is 0.862 bits per heavy atom. The van der Waals surface area contributed by atoms with Crippen LogP contribution in [0.1, 0.15) is 21.5 Å². The molecule has 1 aliphatic heterocycles. The van der Waals surface area contributed by atoms with Crippen molar-refractivity contribution in [1.29, 1.82) is 0 Å². The molecule has 0 radical (unpaired) electrons. The zero-order valence-electron chi connectivity index (χ0n) is 16.6. The Balaban J connectivity index is 1.40. The average Bonchev–Trinajstić information content (AvgIpc) is 2.73. The monoisotopic (exact) mass is 406 g/mol. The summed E-state index contributed by atoms with van der Waals surface area (Å²) in [7, 11) is 0. The van der Waals surface area contributed by atoms with Crippen LogP contribution >= 0.6 is 11.6 Å². The van der Waals surface area contributed by atoms with E-state index in [1.54, 1.807) is 0 Å². The van der Waals surface area contributed by atoms with Crippen LogP contribution in [0.2, 0.25) is 5.02 Å². The second-order valence-electron chi connectivity index (χ2n) is 7.44. The largest absolute Gasteiger partial charge is 0.352 e. The summed E-state index contributed by atoms with van der Waals surface area (Å²) in [5.74, 6) is 0.932. The number of nitrogens with zero attached hydrogens (tertiary/aromatic N) is 4. The van der Waals surface area contributed by atoms with Gasteiger partial charge in [-0.3, -0.25) is 4.79 Å². The molecule has 1 amide bonds. The fourth-order valence-corrected chi connectivity index (χ4v) is 3.81. The van der Waals surface area contributed by atoms with Gasteiger partial charge in [-0.2, -0.15) is 0 Å². The van der Waals surface area contributed by atoms with Gasteiger partial charge in [0, 0.05) is 42.3 Å².